The van der Waals surface area contributed by atoms with Crippen molar-refractivity contribution in [1.29, 1.82) is 0 Å². The largest absolute Gasteiger partial charge is 0.476 e. The van der Waals surface area contributed by atoms with Gasteiger partial charge in [-0.2, -0.15) is 4.98 Å². The SMILES string of the molecule is CC1(C)CC(c2ccc(Cl)cc2)=C2CN3CCN(c4ccc(C(=O)NS(=O)(=O)c5cnc(OCC6CCC(C)(O)CC6)c(Cl)c5)c(N5CCCOc6nc7[nH]ccc7cc65)c4)C[C@H]3COCCCO[C@@H]2C1. The third-order valence-corrected chi connectivity index (χ3v) is 16.6. The molecular weight excluding hydrogens is 966 g/mol. The van der Waals surface area contributed by atoms with Crippen molar-refractivity contribution < 1.29 is 37.3 Å². The molecule has 2 saturated heterocycles. The number of hydrogen-bond donors (Lipinski definition) is 3. The molecule has 5 aromatic rings. The van der Waals surface area contributed by atoms with Gasteiger partial charge < -0.3 is 38.8 Å². The van der Waals surface area contributed by atoms with Crippen LogP contribution in [0.25, 0.3) is 16.6 Å². The quantitative estimate of drug-likeness (QED) is 0.128. The predicted octanol–water partition coefficient (Wildman–Crippen LogP) is 9.19. The summed E-state index contributed by atoms with van der Waals surface area (Å²) in [5, 5.41) is 11.9. The van der Waals surface area contributed by atoms with Crippen LogP contribution in [0.1, 0.15) is 88.1 Å². The Kier molecular flexibility index (Phi) is 14.3. The number of sulfonamides is 1. The molecule has 0 radical (unpaired) electrons. The molecule has 0 unspecified atom stereocenters. The summed E-state index contributed by atoms with van der Waals surface area (Å²) in [4.78, 5) is 33.4. The van der Waals surface area contributed by atoms with E-state index in [1.165, 1.54) is 22.8 Å². The summed E-state index contributed by atoms with van der Waals surface area (Å²) < 4.78 is 55.6. The van der Waals surface area contributed by atoms with Crippen LogP contribution in [0.2, 0.25) is 10.0 Å². The van der Waals surface area contributed by atoms with Gasteiger partial charge in [-0.05, 0) is 135 Å². The van der Waals surface area contributed by atoms with E-state index in [0.717, 1.165) is 62.5 Å². The topological polar surface area (TPSA) is 172 Å². The smallest absolute Gasteiger partial charge is 0.267 e. The van der Waals surface area contributed by atoms with Gasteiger partial charge in [0.15, 0.2) is 0 Å². The van der Waals surface area contributed by atoms with Gasteiger partial charge in [0.25, 0.3) is 15.9 Å². The minimum Gasteiger partial charge on any atom is -0.476 e. The molecule has 0 bridgehead atoms. The molecule has 6 heterocycles. The summed E-state index contributed by atoms with van der Waals surface area (Å²) in [7, 11) is -4.47. The van der Waals surface area contributed by atoms with Gasteiger partial charge >= 0.3 is 0 Å². The molecule has 3 fully saturated rings. The van der Waals surface area contributed by atoms with Crippen LogP contribution in [0.5, 0.6) is 11.8 Å². The fourth-order valence-electron chi connectivity index (χ4n) is 10.8. The molecule has 2 aliphatic carbocycles. The molecular formula is C53H63Cl2N7O8S. The number of aromatic amines is 1. The first-order valence-electron chi connectivity index (χ1n) is 24.8. The molecule has 1 saturated carbocycles. The zero-order valence-electron chi connectivity index (χ0n) is 40.6. The number of fused-ring (bicyclic) bond motifs is 4. The number of aliphatic hydroxyl groups is 1. The molecule has 378 valence electrons. The number of halogens is 2. The lowest BCUT2D eigenvalue weighted by Gasteiger charge is -2.45. The van der Waals surface area contributed by atoms with Crippen LogP contribution in [-0.4, -0.2) is 123 Å². The summed E-state index contributed by atoms with van der Waals surface area (Å²) in [6, 6.07) is 18.9. The van der Waals surface area contributed by atoms with E-state index in [2.05, 4.69) is 50.5 Å². The Balaban J connectivity index is 0.944. The van der Waals surface area contributed by atoms with E-state index < -0.39 is 21.5 Å². The molecule has 71 heavy (non-hydrogen) atoms. The van der Waals surface area contributed by atoms with Crippen molar-refractivity contribution in [1.82, 2.24) is 24.6 Å². The van der Waals surface area contributed by atoms with E-state index in [0.29, 0.717) is 99.9 Å². The summed E-state index contributed by atoms with van der Waals surface area (Å²) >= 11 is 12.9. The normalized spacial score (nSPS) is 24.5. The number of ether oxygens (including phenoxy) is 4. The number of rotatable bonds is 9. The van der Waals surface area contributed by atoms with E-state index in [4.69, 9.17) is 47.1 Å². The Labute approximate surface area is 425 Å². The fourth-order valence-corrected chi connectivity index (χ4v) is 12.2. The summed E-state index contributed by atoms with van der Waals surface area (Å²) in [5.41, 5.74) is 6.06. The first-order chi connectivity index (χ1) is 34.1. The molecule has 3 N–H and O–H groups in total. The van der Waals surface area contributed by atoms with E-state index in [-0.39, 0.29) is 44.8 Å². The van der Waals surface area contributed by atoms with Crippen LogP contribution in [-0.2, 0) is 19.5 Å². The highest BCUT2D eigenvalue weighted by molar-refractivity contribution is 7.90. The molecule has 10 rings (SSSR count). The van der Waals surface area contributed by atoms with Gasteiger partial charge in [-0.3, -0.25) is 9.69 Å². The van der Waals surface area contributed by atoms with Crippen molar-refractivity contribution in [2.24, 2.45) is 11.3 Å². The number of nitrogens with one attached hydrogen (secondary N) is 2. The zero-order chi connectivity index (χ0) is 49.5. The number of anilines is 3. The van der Waals surface area contributed by atoms with Gasteiger partial charge in [0.2, 0.25) is 11.8 Å². The number of amides is 1. The van der Waals surface area contributed by atoms with Crippen molar-refractivity contribution in [3.63, 3.8) is 0 Å². The molecule has 1 amide bonds. The summed E-state index contributed by atoms with van der Waals surface area (Å²) in [6.07, 6.45) is 9.14. The van der Waals surface area contributed by atoms with Crippen LogP contribution >= 0.6 is 23.2 Å². The maximum absolute atomic E-state index is 14.6. The molecule has 2 atom stereocenters. The number of piperazine rings is 1. The van der Waals surface area contributed by atoms with Crippen LogP contribution in [0, 0.1) is 11.3 Å². The highest BCUT2D eigenvalue weighted by Crippen LogP contribution is 2.46. The van der Waals surface area contributed by atoms with Crippen molar-refractivity contribution in [2.45, 2.75) is 94.8 Å². The summed E-state index contributed by atoms with van der Waals surface area (Å²) in [5.74, 6) is -0.103. The highest BCUT2D eigenvalue weighted by Gasteiger charge is 2.39. The summed E-state index contributed by atoms with van der Waals surface area (Å²) in [6.45, 7) is 12.3. The number of nitrogens with zero attached hydrogens (tertiary/aromatic N) is 5. The number of allylic oxidation sites excluding steroid dienone is 1. The molecule has 5 aliphatic rings. The van der Waals surface area contributed by atoms with Crippen LogP contribution < -0.4 is 24.0 Å². The number of pyridine rings is 2. The second kappa shape index (κ2) is 20.5. The number of H-pyrrole nitrogens is 1. The van der Waals surface area contributed by atoms with Gasteiger partial charge in [-0.25, -0.2) is 18.1 Å². The minimum atomic E-state index is -4.47. The lowest BCUT2D eigenvalue weighted by molar-refractivity contribution is 0.00127. The van der Waals surface area contributed by atoms with Crippen LogP contribution in [0.4, 0.5) is 17.1 Å². The fraction of sp³-hybridized carbons (Fsp3) is 0.491. The number of hydrogen-bond acceptors (Lipinski definition) is 13. The van der Waals surface area contributed by atoms with Crippen LogP contribution in [0.3, 0.4) is 0 Å². The third-order valence-electron chi connectivity index (χ3n) is 14.8. The lowest BCUT2D eigenvalue weighted by atomic mass is 9.71. The van der Waals surface area contributed by atoms with E-state index >= 15 is 0 Å². The lowest BCUT2D eigenvalue weighted by Crippen LogP contribution is -2.56. The van der Waals surface area contributed by atoms with Crippen molar-refractivity contribution >= 4 is 72.8 Å². The first-order valence-corrected chi connectivity index (χ1v) is 27.1. The third kappa shape index (κ3) is 11.2. The number of carbonyl (C=O) groups excluding carboxylic acids is 1. The zero-order valence-corrected chi connectivity index (χ0v) is 42.9. The first kappa shape index (κ1) is 49.6. The number of aromatic nitrogens is 3. The van der Waals surface area contributed by atoms with Gasteiger partial charge in [0, 0.05) is 68.2 Å². The van der Waals surface area contributed by atoms with Gasteiger partial charge in [0.05, 0.1) is 55.0 Å². The maximum atomic E-state index is 14.6. The van der Waals surface area contributed by atoms with E-state index in [1.807, 2.05) is 54.4 Å². The standard InChI is InChI=1S/C53H63Cl2N7O8S/c1-52(2)27-42(35-6-8-37(54)9-7-35)43-31-61-20-19-60(30-39(61)33-67-21-5-23-68-47(43)28-52)38-10-11-41(45(25-38)62-18-4-22-69-51-46(62)24-36-14-17-56-48(36)58-51)49(63)59-71(65,66)40-26-44(55)50(57-29-40)70-32-34-12-15-53(3,64)16-13-34/h6-11,14,17,24-26,29,34,39,47,64H,4-5,12-13,15-16,18-23,27-28,30-33H2,1-3H3,(H,56,58)(H,59,63)/t34?,39-,47+,53?/m0/s1. The monoisotopic (exact) mass is 1030 g/mol. The Morgan fingerprint density at radius 3 is 2.59 bits per heavy atom. The van der Waals surface area contributed by atoms with Crippen LogP contribution in [0.15, 0.2) is 83.5 Å². The molecule has 3 aliphatic heterocycles. The molecule has 15 nitrogen and oxygen atoms in total. The number of carbonyl (C=O) groups is 1. The average molecular weight is 1030 g/mol. The molecule has 3 aromatic heterocycles. The van der Waals surface area contributed by atoms with Gasteiger partial charge in [-0.15, -0.1) is 0 Å². The average Bonchev–Trinajstić information content (AvgIpc) is 3.69. The van der Waals surface area contributed by atoms with E-state index in [9.17, 15) is 18.3 Å². The van der Waals surface area contributed by atoms with Gasteiger partial charge in [-0.1, -0.05) is 49.2 Å². The Hall–Kier alpha value is -4.94. The van der Waals surface area contributed by atoms with Gasteiger partial charge in [0.1, 0.15) is 21.3 Å². The molecule has 0 spiro atoms. The predicted molar refractivity (Wildman–Crippen MR) is 276 cm³/mol. The highest BCUT2D eigenvalue weighted by atomic mass is 35.5. The Morgan fingerprint density at radius 2 is 1.79 bits per heavy atom. The minimum absolute atomic E-state index is 0.00371. The van der Waals surface area contributed by atoms with E-state index in [1.54, 1.807) is 6.07 Å². The van der Waals surface area contributed by atoms with Crippen molar-refractivity contribution in [3.8, 4) is 11.8 Å². The Bertz CT molecular complexity index is 2900. The molecule has 2 aromatic carbocycles. The van der Waals surface area contributed by atoms with Crippen molar-refractivity contribution in [3.05, 3.63) is 99.8 Å². The Morgan fingerprint density at radius 1 is 0.972 bits per heavy atom. The second-order valence-corrected chi connectivity index (χ2v) is 23.4. The maximum Gasteiger partial charge on any atom is 0.267 e. The molecule has 18 heteroatoms. The van der Waals surface area contributed by atoms with Crippen molar-refractivity contribution in [2.75, 3.05) is 75.6 Å². The number of benzene rings is 2. The second-order valence-electron chi connectivity index (χ2n) is 20.8.